The maximum Gasteiger partial charge on any atom is 0.240 e. The van der Waals surface area contributed by atoms with Gasteiger partial charge in [0.05, 0.1) is 4.90 Å². The lowest BCUT2D eigenvalue weighted by Gasteiger charge is -2.19. The van der Waals surface area contributed by atoms with E-state index < -0.39 is 10.0 Å². The number of likely N-dealkylation sites (N-methyl/N-ethyl adjacent to an activating group) is 1. The van der Waals surface area contributed by atoms with Crippen LogP contribution < -0.4 is 14.9 Å². The number of nitrogens with one attached hydrogen (secondary N) is 2. The first-order chi connectivity index (χ1) is 14.0. The normalized spacial score (nSPS) is 13.6. The summed E-state index contributed by atoms with van der Waals surface area (Å²) < 4.78 is 27.6. The van der Waals surface area contributed by atoms with Crippen molar-refractivity contribution in [3.05, 3.63) is 59.7 Å². The Balaban J connectivity index is 1.41. The van der Waals surface area contributed by atoms with Gasteiger partial charge in [-0.3, -0.25) is 4.79 Å². The van der Waals surface area contributed by atoms with Crippen molar-refractivity contribution in [3.63, 3.8) is 0 Å². The summed E-state index contributed by atoms with van der Waals surface area (Å²) >= 11 is 0. The zero-order valence-corrected chi connectivity index (χ0v) is 17.7. The summed E-state index contributed by atoms with van der Waals surface area (Å²) in [5.74, 6) is -0.167. The van der Waals surface area contributed by atoms with Gasteiger partial charge < -0.3 is 10.2 Å². The van der Waals surface area contributed by atoms with Gasteiger partial charge in [0.2, 0.25) is 15.9 Å². The van der Waals surface area contributed by atoms with Crippen molar-refractivity contribution in [1.29, 1.82) is 0 Å². The number of nitrogens with zero attached hydrogens (tertiary/aromatic N) is 1. The quantitative estimate of drug-likeness (QED) is 0.660. The topological polar surface area (TPSA) is 78.5 Å². The van der Waals surface area contributed by atoms with E-state index in [9.17, 15) is 13.2 Å². The Kier molecular flexibility index (Phi) is 7.28. The van der Waals surface area contributed by atoms with E-state index in [2.05, 4.69) is 14.9 Å². The number of rotatable bonds is 9. The molecule has 0 saturated heterocycles. The molecule has 0 saturated carbocycles. The Morgan fingerprint density at radius 3 is 2.48 bits per heavy atom. The van der Waals surface area contributed by atoms with E-state index in [1.54, 1.807) is 12.1 Å². The summed E-state index contributed by atoms with van der Waals surface area (Å²) in [5, 5.41) is 2.83. The molecule has 156 valence electrons. The Hall–Kier alpha value is -2.38. The molecule has 0 atom stereocenters. The van der Waals surface area contributed by atoms with Gasteiger partial charge in [0.15, 0.2) is 0 Å². The molecular formula is C22H29N3O3S. The highest BCUT2D eigenvalue weighted by atomic mass is 32.2. The third-order valence-corrected chi connectivity index (χ3v) is 6.70. The first-order valence-corrected chi connectivity index (χ1v) is 11.6. The predicted molar refractivity (Wildman–Crippen MR) is 116 cm³/mol. The molecule has 3 rings (SSSR count). The summed E-state index contributed by atoms with van der Waals surface area (Å²) in [6, 6.07) is 15.3. The van der Waals surface area contributed by atoms with Crippen LogP contribution in [-0.4, -0.2) is 41.0 Å². The molecule has 0 spiro atoms. The highest BCUT2D eigenvalue weighted by molar-refractivity contribution is 7.89. The third-order valence-electron chi connectivity index (χ3n) is 5.24. The van der Waals surface area contributed by atoms with E-state index in [1.807, 2.05) is 43.4 Å². The summed E-state index contributed by atoms with van der Waals surface area (Å²) in [5.41, 5.74) is 3.45. The molecule has 1 amide bonds. The monoisotopic (exact) mass is 415 g/mol. The van der Waals surface area contributed by atoms with Crippen LogP contribution in [0, 0.1) is 0 Å². The number of hydrogen-bond acceptors (Lipinski definition) is 4. The van der Waals surface area contributed by atoms with Gasteiger partial charge in [-0.2, -0.15) is 0 Å². The van der Waals surface area contributed by atoms with Crippen LogP contribution in [0.2, 0.25) is 0 Å². The largest absolute Gasteiger partial charge is 0.373 e. The molecule has 1 aliphatic rings. The van der Waals surface area contributed by atoms with Crippen LogP contribution in [0.4, 0.5) is 5.69 Å². The maximum absolute atomic E-state index is 12.5. The predicted octanol–water partition coefficient (Wildman–Crippen LogP) is 2.49. The number of carbonyl (C=O) groups excluding carboxylic acids is 1. The van der Waals surface area contributed by atoms with Crippen molar-refractivity contribution >= 4 is 21.6 Å². The van der Waals surface area contributed by atoms with Crippen LogP contribution >= 0.6 is 0 Å². The van der Waals surface area contributed by atoms with E-state index in [4.69, 9.17) is 0 Å². The Morgan fingerprint density at radius 2 is 1.72 bits per heavy atom. The Bertz CT molecular complexity index is 930. The van der Waals surface area contributed by atoms with Gasteiger partial charge in [0, 0.05) is 38.8 Å². The third kappa shape index (κ3) is 6.05. The van der Waals surface area contributed by atoms with Gasteiger partial charge in [-0.05, 0) is 61.1 Å². The molecule has 2 N–H and O–H groups in total. The summed E-state index contributed by atoms with van der Waals surface area (Å²) in [6.45, 7) is 1.26. The van der Waals surface area contributed by atoms with E-state index in [0.29, 0.717) is 13.1 Å². The van der Waals surface area contributed by atoms with E-state index in [0.717, 1.165) is 36.9 Å². The minimum absolute atomic E-state index is 0.0831. The minimum atomic E-state index is -3.60. The van der Waals surface area contributed by atoms with Gasteiger partial charge in [-0.15, -0.1) is 0 Å². The number of amides is 1. The van der Waals surface area contributed by atoms with Gasteiger partial charge in [0.25, 0.3) is 0 Å². The molecule has 0 fully saturated rings. The average Bonchev–Trinajstić information content (AvgIpc) is 2.73. The fourth-order valence-electron chi connectivity index (χ4n) is 3.52. The number of sulfonamides is 1. The Labute approximate surface area is 173 Å². The summed E-state index contributed by atoms with van der Waals surface area (Å²) in [4.78, 5) is 14.3. The van der Waals surface area contributed by atoms with Crippen LogP contribution in [0.15, 0.2) is 53.4 Å². The van der Waals surface area contributed by atoms with Crippen molar-refractivity contribution < 1.29 is 13.2 Å². The number of hydrogen-bond donors (Lipinski definition) is 2. The van der Waals surface area contributed by atoms with E-state index in [1.165, 1.54) is 5.56 Å². The second-order valence-electron chi connectivity index (χ2n) is 7.39. The number of aryl methyl sites for hydroxylation is 2. The molecule has 2 aromatic carbocycles. The number of carbonyl (C=O) groups is 1. The highest BCUT2D eigenvalue weighted by Gasteiger charge is 2.17. The molecule has 0 unspecified atom stereocenters. The number of benzene rings is 2. The lowest BCUT2D eigenvalue weighted by atomic mass is 9.92. The molecule has 1 aliphatic carbocycles. The van der Waals surface area contributed by atoms with Crippen LogP contribution in [0.1, 0.15) is 30.4 Å². The molecule has 0 aromatic heterocycles. The number of fused-ring (bicyclic) bond motifs is 1. The van der Waals surface area contributed by atoms with Gasteiger partial charge >= 0.3 is 0 Å². The van der Waals surface area contributed by atoms with Crippen molar-refractivity contribution in [2.75, 3.05) is 31.6 Å². The smallest absolute Gasteiger partial charge is 0.240 e. The van der Waals surface area contributed by atoms with Crippen LogP contribution in [0.3, 0.4) is 0 Å². The lowest BCUT2D eigenvalue weighted by Crippen LogP contribution is -2.35. The number of anilines is 1. The maximum atomic E-state index is 12.5. The minimum Gasteiger partial charge on any atom is -0.373 e. The van der Waals surface area contributed by atoms with Crippen LogP contribution in [-0.2, 0) is 27.7 Å². The second kappa shape index (κ2) is 9.89. The van der Waals surface area contributed by atoms with E-state index in [-0.39, 0.29) is 23.8 Å². The molecule has 0 aliphatic heterocycles. The van der Waals surface area contributed by atoms with Crippen molar-refractivity contribution in [2.45, 2.75) is 37.0 Å². The Morgan fingerprint density at radius 1 is 1.00 bits per heavy atom. The van der Waals surface area contributed by atoms with Crippen molar-refractivity contribution in [3.8, 4) is 0 Å². The zero-order valence-electron chi connectivity index (χ0n) is 16.9. The number of para-hydroxylation sites is 1. The highest BCUT2D eigenvalue weighted by Crippen LogP contribution is 2.24. The molecule has 7 heteroatoms. The van der Waals surface area contributed by atoms with Gasteiger partial charge in [-0.25, -0.2) is 13.1 Å². The average molecular weight is 416 g/mol. The molecular weight excluding hydrogens is 386 g/mol. The molecule has 0 radical (unpaired) electrons. The molecule has 6 nitrogen and oxygen atoms in total. The van der Waals surface area contributed by atoms with E-state index >= 15 is 0 Å². The lowest BCUT2D eigenvalue weighted by molar-refractivity contribution is -0.120. The van der Waals surface area contributed by atoms with Gasteiger partial charge in [-0.1, -0.05) is 24.3 Å². The first-order valence-electron chi connectivity index (χ1n) is 10.1. The van der Waals surface area contributed by atoms with Crippen molar-refractivity contribution in [1.82, 2.24) is 10.0 Å². The van der Waals surface area contributed by atoms with Crippen LogP contribution in [0.5, 0.6) is 0 Å². The fraction of sp³-hybridized carbons (Fsp3) is 0.409. The second-order valence-corrected chi connectivity index (χ2v) is 9.16. The summed E-state index contributed by atoms with van der Waals surface area (Å²) in [7, 11) is -1.63. The molecule has 2 aromatic rings. The zero-order chi connectivity index (χ0) is 20.7. The summed E-state index contributed by atoms with van der Waals surface area (Å²) in [6.07, 6.45) is 4.32. The molecule has 0 heterocycles. The molecule has 29 heavy (non-hydrogen) atoms. The van der Waals surface area contributed by atoms with Crippen LogP contribution in [0.25, 0.3) is 0 Å². The van der Waals surface area contributed by atoms with Gasteiger partial charge in [0.1, 0.15) is 0 Å². The molecule has 0 bridgehead atoms. The first kappa shape index (κ1) is 21.3. The van der Waals surface area contributed by atoms with Crippen molar-refractivity contribution in [2.24, 2.45) is 0 Å². The SMILES string of the molecule is CN(CCNC(=O)CCNS(=O)(=O)c1ccc2c(c1)CCCC2)c1ccccc1. The standard InChI is InChI=1S/C22H29N3O3S/c1-25(20-9-3-2-4-10-20)16-15-23-22(26)13-14-24-29(27,28)21-12-11-18-7-5-6-8-19(18)17-21/h2-4,9-12,17,24H,5-8,13-16H2,1H3,(H,23,26). The fourth-order valence-corrected chi connectivity index (χ4v) is 4.60.